The maximum atomic E-state index is 10.6. The Morgan fingerprint density at radius 3 is 0.362 bits per heavy atom. The Morgan fingerprint density at radius 2 is 0.293 bits per heavy atom. The molecule has 0 amide bonds. The fourth-order valence-corrected chi connectivity index (χ4v) is 8.31. The van der Waals surface area contributed by atoms with Gasteiger partial charge in [-0.05, 0) is 0 Å². The average molecular weight is 1340 g/mol. The van der Waals surface area contributed by atoms with E-state index in [-0.39, 0.29) is 172 Å². The number of benzene rings is 4. The molecule has 4 rings (SSSR count). The molecule has 0 aromatic heterocycles. The number of carboxylic acid groups (broad SMARTS) is 4. The molecule has 305 valence electrons. The number of hydrogen-bond acceptors (Lipinski definition) is 8. The molecule has 4 aromatic rings. The molecule has 0 N–H and O–H groups in total. The van der Waals surface area contributed by atoms with Crippen molar-refractivity contribution in [1.82, 2.24) is 0 Å². The number of aromatic carboxylic acids is 4. The molecule has 0 aliphatic carbocycles. The Labute approximate surface area is 481 Å². The molecule has 0 saturated carbocycles. The summed E-state index contributed by atoms with van der Waals surface area (Å²) in [4.78, 5) is 42.5. The second-order valence-corrected chi connectivity index (χ2v) is 16.5. The Kier molecular flexibility index (Phi) is 29.9. The first-order valence-corrected chi connectivity index (χ1v) is 20.0. The van der Waals surface area contributed by atoms with Gasteiger partial charge in [-0.15, -0.1) is 0 Å². The van der Waals surface area contributed by atoms with Gasteiger partial charge < -0.3 is 39.6 Å². The molecule has 0 spiro atoms. The zero-order valence-electron chi connectivity index (χ0n) is 26.3. The van der Waals surface area contributed by atoms with E-state index in [1.165, 1.54) is 0 Å². The third kappa shape index (κ3) is 15.0. The van der Waals surface area contributed by atoms with Gasteiger partial charge in [0.2, 0.25) is 0 Å². The van der Waals surface area contributed by atoms with Gasteiger partial charge in [0.1, 0.15) is 0 Å². The minimum absolute atomic E-state index is 0. The van der Waals surface area contributed by atoms with Crippen LogP contribution in [-0.2, 0) is 0 Å². The predicted molar refractivity (Wildman–Crippen MR) is 223 cm³/mol. The van der Waals surface area contributed by atoms with Crippen LogP contribution in [0.1, 0.15) is 41.4 Å². The summed E-state index contributed by atoms with van der Waals surface area (Å²) in [6.07, 6.45) is 0. The smallest absolute Gasteiger partial charge is 0.545 e. The van der Waals surface area contributed by atoms with Crippen molar-refractivity contribution < 1.29 is 111 Å². The first-order valence-electron chi connectivity index (χ1n) is 12.4. The first-order chi connectivity index (χ1) is 25.5. The molecule has 0 saturated heterocycles. The van der Waals surface area contributed by atoms with Crippen LogP contribution in [0.15, 0.2) is 0 Å². The maximum absolute atomic E-state index is 10.6. The topological polar surface area (TPSA) is 161 Å². The van der Waals surface area contributed by atoms with Gasteiger partial charge in [0.05, 0.1) is 124 Å². The molecule has 0 unspecified atom stereocenters. The summed E-state index contributed by atoms with van der Waals surface area (Å²) in [6, 6.07) is 0. The second-order valence-electron chi connectivity index (χ2n) is 8.93. The van der Waals surface area contributed by atoms with E-state index in [1.807, 2.05) is 0 Å². The van der Waals surface area contributed by atoms with E-state index in [1.54, 1.807) is 0 Å². The average Bonchev–Trinajstić information content (AvgIpc) is 3.11. The van der Waals surface area contributed by atoms with Crippen LogP contribution in [0, 0.1) is 41.7 Å². The van der Waals surface area contributed by atoms with Gasteiger partial charge in [0.15, 0.2) is 0 Å². The minimum Gasteiger partial charge on any atom is -0.545 e. The van der Waals surface area contributed by atoms with Gasteiger partial charge in [-0.2, -0.15) is 0 Å². The molecule has 58 heavy (non-hydrogen) atoms. The van der Waals surface area contributed by atoms with E-state index in [0.717, 1.165) is 0 Å². The molecule has 0 fully saturated rings. The summed E-state index contributed by atoms with van der Waals surface area (Å²) in [5.41, 5.74) is -1.86. The third-order valence-corrected chi connectivity index (χ3v) is 14.8. The predicted octanol–water partition coefficient (Wildman–Crippen LogP) is 10.3. The number of carbonyl (C=O) groups excluding carboxylic acids is 4. The van der Waals surface area contributed by atoms with Crippen LogP contribution in [0.5, 0.6) is 0 Å². The molecule has 0 heterocycles. The maximum Gasteiger partial charge on any atom is 3.00 e. The van der Waals surface area contributed by atoms with E-state index in [0.29, 0.717) is 0 Å². The molecular weight excluding hydrogens is 1340 g/mol. The Hall–Kier alpha value is 2.94. The summed E-state index contributed by atoms with van der Waals surface area (Å²) in [5.74, 6) is -6.28. The quantitative estimate of drug-likeness (QED) is 0.111. The normalized spacial score (nSPS) is 10.0. The molecular formula is C28CeCl20NaO8. The monoisotopic (exact) mass is 1330 g/mol. The van der Waals surface area contributed by atoms with E-state index in [4.69, 9.17) is 232 Å². The van der Waals surface area contributed by atoms with Gasteiger partial charge in [-0.25, -0.2) is 0 Å². The van der Waals surface area contributed by atoms with E-state index in [2.05, 4.69) is 0 Å². The van der Waals surface area contributed by atoms with Crippen LogP contribution in [0.3, 0.4) is 0 Å². The van der Waals surface area contributed by atoms with Gasteiger partial charge in [-0.3, -0.25) is 0 Å². The fraction of sp³-hybridized carbons (Fsp3) is 0. The zero-order valence-corrected chi connectivity index (χ0v) is 46.6. The number of halogens is 20. The summed E-state index contributed by atoms with van der Waals surface area (Å²) >= 11 is 112. The Bertz CT molecular complexity index is 1880. The summed E-state index contributed by atoms with van der Waals surface area (Å²) in [6.45, 7) is 0. The van der Waals surface area contributed by atoms with Crippen molar-refractivity contribution in [3.8, 4) is 0 Å². The van der Waals surface area contributed by atoms with Crippen molar-refractivity contribution in [2.24, 2.45) is 0 Å². The van der Waals surface area contributed by atoms with Gasteiger partial charge >= 0.3 is 71.3 Å². The van der Waals surface area contributed by atoms with Gasteiger partial charge in [0, 0.05) is 22.3 Å². The summed E-state index contributed by atoms with van der Waals surface area (Å²) in [5, 5.41) is 38.5. The van der Waals surface area contributed by atoms with E-state index in [9.17, 15) is 39.6 Å². The number of carbonyl (C=O) groups is 4. The van der Waals surface area contributed by atoms with Crippen LogP contribution in [0.4, 0.5) is 0 Å². The molecule has 4 aromatic carbocycles. The standard InChI is InChI=1S/4C7HCl5O2.Ce.Na/c4*8-2-1(7(13)14)3(9)5(11)6(12)4(2)10;;/h4*(H,13,14);;/q;;;;+3;+1/p-4. The largest absolute Gasteiger partial charge is 3.00 e. The molecule has 0 aliphatic rings. The number of rotatable bonds is 4. The molecule has 0 bridgehead atoms. The number of carboxylic acids is 4. The Balaban J connectivity index is 0. The van der Waals surface area contributed by atoms with Crippen molar-refractivity contribution in [2.75, 3.05) is 0 Å². The van der Waals surface area contributed by atoms with Crippen LogP contribution in [0.25, 0.3) is 0 Å². The molecule has 1 radical (unpaired) electrons. The van der Waals surface area contributed by atoms with Crippen molar-refractivity contribution in [1.29, 1.82) is 0 Å². The van der Waals surface area contributed by atoms with Crippen molar-refractivity contribution >= 4 is 256 Å². The van der Waals surface area contributed by atoms with Crippen LogP contribution in [-0.4, -0.2) is 23.9 Å². The first kappa shape index (κ1) is 63.0. The molecule has 0 aliphatic heterocycles. The molecule has 0 atom stereocenters. The van der Waals surface area contributed by atoms with E-state index >= 15 is 0 Å². The van der Waals surface area contributed by atoms with E-state index < -0.39 is 46.1 Å². The fourth-order valence-electron chi connectivity index (χ4n) is 3.14. The minimum atomic E-state index is -1.57. The summed E-state index contributed by atoms with van der Waals surface area (Å²) in [7, 11) is 0. The van der Waals surface area contributed by atoms with Crippen molar-refractivity contribution in [3.63, 3.8) is 0 Å². The zero-order chi connectivity index (χ0) is 44.2. The van der Waals surface area contributed by atoms with Crippen LogP contribution < -0.4 is 50.0 Å². The van der Waals surface area contributed by atoms with Crippen molar-refractivity contribution in [3.05, 3.63) is 123 Å². The van der Waals surface area contributed by atoms with Gasteiger partial charge in [-0.1, -0.05) is 232 Å². The Morgan fingerprint density at radius 1 is 0.224 bits per heavy atom. The van der Waals surface area contributed by atoms with Crippen LogP contribution in [0.2, 0.25) is 100 Å². The molecule has 8 nitrogen and oxygen atoms in total. The second kappa shape index (κ2) is 27.5. The SMILES string of the molecule is O=C([O-])c1c(Cl)c(Cl)c(Cl)c(Cl)c1Cl.O=C([O-])c1c(Cl)c(Cl)c(Cl)c(Cl)c1Cl.O=C([O-])c1c(Cl)c(Cl)c(Cl)c(Cl)c1Cl.O=C([O-])c1c(Cl)c(Cl)c(Cl)c(Cl)c1Cl.[Ce+3].[Na+]. The third-order valence-electron chi connectivity index (χ3n) is 5.66. The summed E-state index contributed by atoms with van der Waals surface area (Å²) < 4.78 is 0. The van der Waals surface area contributed by atoms with Crippen molar-refractivity contribution in [2.45, 2.75) is 0 Å². The van der Waals surface area contributed by atoms with Gasteiger partial charge in [0.25, 0.3) is 0 Å². The van der Waals surface area contributed by atoms with Crippen LogP contribution >= 0.6 is 232 Å². The molecule has 30 heteroatoms. The number of hydrogen-bond donors (Lipinski definition) is 0.